The van der Waals surface area contributed by atoms with E-state index in [2.05, 4.69) is 26.0 Å². The summed E-state index contributed by atoms with van der Waals surface area (Å²) in [5, 5.41) is 0.739. The Kier molecular flexibility index (Phi) is 5.97. The molecule has 146 valence electrons. The van der Waals surface area contributed by atoms with Crippen LogP contribution < -0.4 is 0 Å². The van der Waals surface area contributed by atoms with Gasteiger partial charge in [-0.05, 0) is 62.9 Å². The van der Waals surface area contributed by atoms with Crippen LogP contribution in [0.15, 0.2) is 47.1 Å². The standard InChI is InChI=1S/C22H28ClNO3/c1-17(25)24(15-20-5-4-13-26-20)12-10-22(11-14-27-21(2,3)16-22)18-6-8-19(23)9-7-18/h4-9,13H,10-12,14-16H2,1-3H3/t22-/m1/s1. The van der Waals surface area contributed by atoms with Crippen LogP contribution in [0.3, 0.4) is 0 Å². The van der Waals surface area contributed by atoms with Crippen LogP contribution in [-0.2, 0) is 21.5 Å². The van der Waals surface area contributed by atoms with E-state index >= 15 is 0 Å². The quantitative estimate of drug-likeness (QED) is 0.682. The highest BCUT2D eigenvalue weighted by atomic mass is 35.5. The van der Waals surface area contributed by atoms with Crippen molar-refractivity contribution in [3.63, 3.8) is 0 Å². The summed E-state index contributed by atoms with van der Waals surface area (Å²) in [6.45, 7) is 7.79. The van der Waals surface area contributed by atoms with E-state index in [4.69, 9.17) is 20.8 Å². The fourth-order valence-corrected chi connectivity index (χ4v) is 4.30. The number of carbonyl (C=O) groups excluding carboxylic acids is 1. The molecule has 3 rings (SSSR count). The van der Waals surface area contributed by atoms with Crippen LogP contribution in [0.5, 0.6) is 0 Å². The van der Waals surface area contributed by atoms with Gasteiger partial charge < -0.3 is 14.1 Å². The van der Waals surface area contributed by atoms with E-state index in [-0.39, 0.29) is 16.9 Å². The first kappa shape index (κ1) is 20.0. The van der Waals surface area contributed by atoms with E-state index in [9.17, 15) is 4.79 Å². The molecule has 1 atom stereocenters. The van der Waals surface area contributed by atoms with Gasteiger partial charge in [0.05, 0.1) is 18.4 Å². The van der Waals surface area contributed by atoms with Crippen LogP contribution in [0, 0.1) is 0 Å². The molecule has 1 aromatic carbocycles. The minimum absolute atomic E-state index is 0.0385. The summed E-state index contributed by atoms with van der Waals surface area (Å²) in [5.41, 5.74) is 1.04. The molecule has 1 amide bonds. The van der Waals surface area contributed by atoms with Gasteiger partial charge in [0, 0.05) is 30.5 Å². The van der Waals surface area contributed by atoms with E-state index in [0.29, 0.717) is 19.7 Å². The molecule has 1 aliphatic rings. The number of ether oxygens (including phenoxy) is 1. The van der Waals surface area contributed by atoms with Gasteiger partial charge in [0.2, 0.25) is 5.91 Å². The predicted octanol–water partition coefficient (Wildman–Crippen LogP) is 5.20. The number of carbonyl (C=O) groups is 1. The summed E-state index contributed by atoms with van der Waals surface area (Å²) in [6.07, 6.45) is 4.37. The van der Waals surface area contributed by atoms with Crippen LogP contribution >= 0.6 is 11.6 Å². The smallest absolute Gasteiger partial charge is 0.219 e. The van der Waals surface area contributed by atoms with Crippen molar-refractivity contribution < 1.29 is 13.9 Å². The number of amides is 1. The second kappa shape index (κ2) is 8.07. The maximum atomic E-state index is 12.2. The molecule has 0 spiro atoms. The molecule has 27 heavy (non-hydrogen) atoms. The van der Waals surface area contributed by atoms with Crippen LogP contribution in [-0.4, -0.2) is 29.6 Å². The molecule has 2 aromatic rings. The molecule has 2 heterocycles. The maximum Gasteiger partial charge on any atom is 0.219 e. The molecular formula is C22H28ClNO3. The van der Waals surface area contributed by atoms with Crippen molar-refractivity contribution in [2.24, 2.45) is 0 Å². The second-order valence-corrected chi connectivity index (χ2v) is 8.53. The number of rotatable bonds is 6. The van der Waals surface area contributed by atoms with Gasteiger partial charge in [-0.3, -0.25) is 4.79 Å². The molecule has 1 fully saturated rings. The summed E-state index contributed by atoms with van der Waals surface area (Å²) in [6, 6.07) is 11.9. The summed E-state index contributed by atoms with van der Waals surface area (Å²) >= 11 is 6.11. The largest absolute Gasteiger partial charge is 0.467 e. The van der Waals surface area contributed by atoms with Crippen molar-refractivity contribution >= 4 is 17.5 Å². The van der Waals surface area contributed by atoms with Gasteiger partial charge in [-0.2, -0.15) is 0 Å². The predicted molar refractivity (Wildman–Crippen MR) is 107 cm³/mol. The first-order chi connectivity index (χ1) is 12.8. The highest BCUT2D eigenvalue weighted by molar-refractivity contribution is 6.30. The molecule has 0 bridgehead atoms. The Morgan fingerprint density at radius 2 is 1.96 bits per heavy atom. The molecule has 1 aromatic heterocycles. The highest BCUT2D eigenvalue weighted by Gasteiger charge is 2.42. The number of hydrogen-bond donors (Lipinski definition) is 0. The fourth-order valence-electron chi connectivity index (χ4n) is 4.17. The zero-order valence-corrected chi connectivity index (χ0v) is 17.1. The molecule has 4 nitrogen and oxygen atoms in total. The molecule has 5 heteroatoms. The SMILES string of the molecule is CC(=O)N(CC[C@@]1(c2ccc(Cl)cc2)CCOC(C)(C)C1)Cc1ccco1. The van der Waals surface area contributed by atoms with Gasteiger partial charge >= 0.3 is 0 Å². The molecule has 0 unspecified atom stereocenters. The Labute approximate surface area is 166 Å². The summed E-state index contributed by atoms with van der Waals surface area (Å²) in [7, 11) is 0. The highest BCUT2D eigenvalue weighted by Crippen LogP contribution is 2.44. The van der Waals surface area contributed by atoms with Crippen molar-refractivity contribution in [3.8, 4) is 0 Å². The summed E-state index contributed by atoms with van der Waals surface area (Å²) in [5.74, 6) is 0.863. The second-order valence-electron chi connectivity index (χ2n) is 8.09. The van der Waals surface area contributed by atoms with Crippen molar-refractivity contribution in [1.29, 1.82) is 0 Å². The lowest BCUT2D eigenvalue weighted by atomic mass is 9.67. The van der Waals surface area contributed by atoms with E-state index in [1.54, 1.807) is 13.2 Å². The third-order valence-corrected chi connectivity index (χ3v) is 5.78. The molecule has 0 saturated carbocycles. The molecule has 0 N–H and O–H groups in total. The van der Waals surface area contributed by atoms with E-state index < -0.39 is 0 Å². The van der Waals surface area contributed by atoms with Gasteiger partial charge in [0.25, 0.3) is 0 Å². The zero-order valence-electron chi connectivity index (χ0n) is 16.3. The van der Waals surface area contributed by atoms with Crippen molar-refractivity contribution in [3.05, 3.63) is 59.0 Å². The summed E-state index contributed by atoms with van der Waals surface area (Å²) < 4.78 is 11.4. The van der Waals surface area contributed by atoms with Crippen LogP contribution in [0.25, 0.3) is 0 Å². The first-order valence-corrected chi connectivity index (χ1v) is 9.85. The lowest BCUT2D eigenvalue weighted by Gasteiger charge is -2.46. The third kappa shape index (κ3) is 4.94. The fraction of sp³-hybridized carbons (Fsp3) is 0.500. The van der Waals surface area contributed by atoms with Crippen LogP contribution in [0.2, 0.25) is 5.02 Å². The number of nitrogens with zero attached hydrogens (tertiary/aromatic N) is 1. The van der Waals surface area contributed by atoms with Gasteiger partial charge in [0.15, 0.2) is 0 Å². The Morgan fingerprint density at radius 1 is 1.22 bits per heavy atom. The maximum absolute atomic E-state index is 12.2. The zero-order chi connectivity index (χ0) is 19.5. The van der Waals surface area contributed by atoms with Gasteiger partial charge in [-0.1, -0.05) is 23.7 Å². The Morgan fingerprint density at radius 3 is 2.56 bits per heavy atom. The Hall–Kier alpha value is -1.78. The number of furan rings is 1. The molecule has 0 aliphatic carbocycles. The average molecular weight is 390 g/mol. The molecule has 1 aliphatic heterocycles. The summed E-state index contributed by atoms with van der Waals surface area (Å²) in [4.78, 5) is 14.1. The minimum atomic E-state index is -0.194. The van der Waals surface area contributed by atoms with Crippen molar-refractivity contribution in [2.75, 3.05) is 13.2 Å². The lowest BCUT2D eigenvalue weighted by molar-refractivity contribution is -0.130. The van der Waals surface area contributed by atoms with Gasteiger partial charge in [0.1, 0.15) is 5.76 Å². The van der Waals surface area contributed by atoms with Crippen molar-refractivity contribution in [2.45, 2.75) is 57.6 Å². The van der Waals surface area contributed by atoms with Crippen LogP contribution in [0.1, 0.15) is 51.4 Å². The number of hydrogen-bond acceptors (Lipinski definition) is 3. The third-order valence-electron chi connectivity index (χ3n) is 5.53. The normalized spacial score (nSPS) is 21.8. The lowest BCUT2D eigenvalue weighted by Crippen LogP contribution is -2.46. The van der Waals surface area contributed by atoms with E-state index in [0.717, 1.165) is 30.0 Å². The Balaban J connectivity index is 1.82. The number of halogens is 1. The molecule has 1 saturated heterocycles. The molecule has 0 radical (unpaired) electrons. The van der Waals surface area contributed by atoms with E-state index in [1.807, 2.05) is 29.2 Å². The number of benzene rings is 1. The van der Waals surface area contributed by atoms with Crippen molar-refractivity contribution in [1.82, 2.24) is 4.90 Å². The Bertz CT molecular complexity index is 754. The van der Waals surface area contributed by atoms with E-state index in [1.165, 1.54) is 5.56 Å². The van der Waals surface area contributed by atoms with Gasteiger partial charge in [-0.15, -0.1) is 0 Å². The van der Waals surface area contributed by atoms with Gasteiger partial charge in [-0.25, -0.2) is 0 Å². The first-order valence-electron chi connectivity index (χ1n) is 9.48. The monoisotopic (exact) mass is 389 g/mol. The molecular weight excluding hydrogens is 362 g/mol. The minimum Gasteiger partial charge on any atom is -0.467 e. The topological polar surface area (TPSA) is 42.7 Å². The van der Waals surface area contributed by atoms with Crippen LogP contribution in [0.4, 0.5) is 0 Å². The average Bonchev–Trinajstić information content (AvgIpc) is 3.11.